The first-order valence-electron chi connectivity index (χ1n) is 10.7. The highest BCUT2D eigenvalue weighted by molar-refractivity contribution is 5.85. The average Bonchev–Trinajstić information content (AvgIpc) is 3.49. The summed E-state index contributed by atoms with van der Waals surface area (Å²) in [7, 11) is 1.56. The number of esters is 1. The second-order valence-electron chi connectivity index (χ2n) is 8.50. The van der Waals surface area contributed by atoms with Crippen LogP contribution in [-0.4, -0.2) is 33.1 Å². The Morgan fingerprint density at radius 1 is 0.906 bits per heavy atom. The minimum atomic E-state index is -0.427. The molecule has 3 aliphatic heterocycles. The number of allylic oxidation sites excluding steroid dienone is 1. The molecule has 3 heterocycles. The lowest BCUT2D eigenvalue weighted by Crippen LogP contribution is -2.14. The van der Waals surface area contributed by atoms with Crippen LogP contribution in [-0.2, 0) is 14.3 Å². The molecule has 2 aromatic rings. The van der Waals surface area contributed by atoms with Gasteiger partial charge in [-0.1, -0.05) is 17.7 Å². The van der Waals surface area contributed by atoms with Gasteiger partial charge in [0, 0.05) is 17.9 Å². The molecule has 32 heavy (non-hydrogen) atoms. The number of hydrogen-bond donors (Lipinski definition) is 0. The molecular formula is C25H26O7. The average molecular weight is 438 g/mol. The van der Waals surface area contributed by atoms with Crippen LogP contribution in [0.1, 0.15) is 37.2 Å². The molecule has 5 rings (SSSR count). The van der Waals surface area contributed by atoms with Gasteiger partial charge >= 0.3 is 5.97 Å². The first-order valence-corrected chi connectivity index (χ1v) is 10.7. The Labute approximate surface area is 186 Å². The quantitative estimate of drug-likeness (QED) is 0.390. The molecule has 2 fully saturated rings. The van der Waals surface area contributed by atoms with Crippen LogP contribution in [0.2, 0.25) is 0 Å². The van der Waals surface area contributed by atoms with Crippen molar-refractivity contribution in [1.82, 2.24) is 0 Å². The van der Waals surface area contributed by atoms with E-state index in [1.54, 1.807) is 13.2 Å². The van der Waals surface area contributed by atoms with E-state index in [1.807, 2.05) is 44.2 Å². The Balaban J connectivity index is 1.33. The van der Waals surface area contributed by atoms with E-state index in [9.17, 15) is 4.79 Å². The molecule has 2 aromatic carbocycles. The standard InChI is InChI=1S/C25H26O7/c1-14(2)8-23(26)32-20-7-5-15(9-21(20)27-3)24-17-11-29-25(18(17)12-28-24)16-4-6-19-22(10-16)31-13-30-19/h4-10,17-18,24-25H,11-13H2,1-3H3. The maximum atomic E-state index is 12.0. The van der Waals surface area contributed by atoms with E-state index in [2.05, 4.69) is 0 Å². The molecule has 0 amide bonds. The Bertz CT molecular complexity index is 1060. The van der Waals surface area contributed by atoms with Crippen molar-refractivity contribution in [2.45, 2.75) is 26.1 Å². The molecule has 0 radical (unpaired) electrons. The number of methoxy groups -OCH3 is 1. The van der Waals surface area contributed by atoms with E-state index < -0.39 is 5.97 Å². The van der Waals surface area contributed by atoms with Gasteiger partial charge in [0.1, 0.15) is 0 Å². The summed E-state index contributed by atoms with van der Waals surface area (Å²) >= 11 is 0. The fraction of sp³-hybridized carbons (Fsp3) is 0.400. The first-order chi connectivity index (χ1) is 15.5. The van der Waals surface area contributed by atoms with Gasteiger partial charge in [0.15, 0.2) is 23.0 Å². The number of fused-ring (bicyclic) bond motifs is 2. The lowest BCUT2D eigenvalue weighted by molar-refractivity contribution is -0.129. The van der Waals surface area contributed by atoms with E-state index in [0.717, 1.165) is 28.2 Å². The normalized spacial score (nSPS) is 25.3. The Kier molecular flexibility index (Phi) is 5.53. The van der Waals surface area contributed by atoms with Gasteiger partial charge in [-0.25, -0.2) is 4.79 Å². The van der Waals surface area contributed by atoms with Crippen LogP contribution in [0.25, 0.3) is 0 Å². The van der Waals surface area contributed by atoms with Crippen LogP contribution in [0.4, 0.5) is 0 Å². The minimum Gasteiger partial charge on any atom is -0.493 e. The van der Waals surface area contributed by atoms with Crippen molar-refractivity contribution in [1.29, 1.82) is 0 Å². The van der Waals surface area contributed by atoms with Crippen LogP contribution in [0.5, 0.6) is 23.0 Å². The second-order valence-corrected chi connectivity index (χ2v) is 8.50. The van der Waals surface area contributed by atoms with E-state index in [0.29, 0.717) is 24.7 Å². The van der Waals surface area contributed by atoms with Crippen molar-refractivity contribution >= 4 is 5.97 Å². The Hall–Kier alpha value is -3.03. The highest BCUT2D eigenvalue weighted by Crippen LogP contribution is 2.51. The largest absolute Gasteiger partial charge is 0.493 e. The van der Waals surface area contributed by atoms with Gasteiger partial charge in [0.05, 0.1) is 32.5 Å². The number of ether oxygens (including phenoxy) is 6. The lowest BCUT2D eigenvalue weighted by atomic mass is 9.85. The summed E-state index contributed by atoms with van der Waals surface area (Å²) in [5.74, 6) is 2.43. The maximum absolute atomic E-state index is 12.0. The van der Waals surface area contributed by atoms with Gasteiger partial charge < -0.3 is 28.4 Å². The van der Waals surface area contributed by atoms with E-state index in [-0.39, 0.29) is 30.8 Å². The molecule has 0 aromatic heterocycles. The third-order valence-electron chi connectivity index (χ3n) is 6.12. The van der Waals surface area contributed by atoms with Crippen LogP contribution < -0.4 is 18.9 Å². The highest BCUT2D eigenvalue weighted by Gasteiger charge is 2.48. The number of hydrogen-bond acceptors (Lipinski definition) is 7. The van der Waals surface area contributed by atoms with Gasteiger partial charge in [-0.15, -0.1) is 0 Å². The molecule has 2 saturated heterocycles. The summed E-state index contributed by atoms with van der Waals surface area (Å²) in [6.07, 6.45) is 1.28. The molecule has 0 N–H and O–H groups in total. The fourth-order valence-electron chi connectivity index (χ4n) is 4.64. The van der Waals surface area contributed by atoms with Crippen molar-refractivity contribution in [2.75, 3.05) is 27.1 Å². The Morgan fingerprint density at radius 2 is 1.56 bits per heavy atom. The van der Waals surface area contributed by atoms with Crippen molar-refractivity contribution < 1.29 is 33.2 Å². The van der Waals surface area contributed by atoms with Crippen molar-refractivity contribution in [3.8, 4) is 23.0 Å². The number of carbonyl (C=O) groups is 1. The molecule has 7 heteroatoms. The SMILES string of the molecule is COc1cc(C2OCC3C(c4ccc5c(c4)OCO5)OCC23)ccc1OC(=O)C=C(C)C. The van der Waals surface area contributed by atoms with Crippen LogP contribution >= 0.6 is 0 Å². The highest BCUT2D eigenvalue weighted by atomic mass is 16.7. The van der Waals surface area contributed by atoms with Crippen LogP contribution in [0, 0.1) is 11.8 Å². The zero-order valence-corrected chi connectivity index (χ0v) is 18.3. The van der Waals surface area contributed by atoms with Gasteiger partial charge in [0.25, 0.3) is 0 Å². The smallest absolute Gasteiger partial charge is 0.336 e. The maximum Gasteiger partial charge on any atom is 0.336 e. The van der Waals surface area contributed by atoms with Crippen molar-refractivity contribution in [2.24, 2.45) is 11.8 Å². The second kappa shape index (κ2) is 8.48. The molecule has 7 nitrogen and oxygen atoms in total. The number of rotatable bonds is 5. The van der Waals surface area contributed by atoms with E-state index in [4.69, 9.17) is 28.4 Å². The van der Waals surface area contributed by atoms with Crippen LogP contribution in [0.15, 0.2) is 48.0 Å². The van der Waals surface area contributed by atoms with E-state index in [1.165, 1.54) is 6.08 Å². The summed E-state index contributed by atoms with van der Waals surface area (Å²) in [4.78, 5) is 12.0. The van der Waals surface area contributed by atoms with Gasteiger partial charge in [0.2, 0.25) is 6.79 Å². The lowest BCUT2D eigenvalue weighted by Gasteiger charge is -2.18. The molecule has 168 valence electrons. The molecule has 0 saturated carbocycles. The minimum absolute atomic E-state index is 0.0503. The predicted molar refractivity (Wildman–Crippen MR) is 115 cm³/mol. The zero-order chi connectivity index (χ0) is 22.2. The summed E-state index contributed by atoms with van der Waals surface area (Å²) in [5.41, 5.74) is 2.92. The molecule has 0 aliphatic carbocycles. The van der Waals surface area contributed by atoms with E-state index >= 15 is 0 Å². The van der Waals surface area contributed by atoms with Gasteiger partial charge in [-0.2, -0.15) is 0 Å². The van der Waals surface area contributed by atoms with Gasteiger partial charge in [-0.05, 0) is 49.2 Å². The van der Waals surface area contributed by atoms with Crippen molar-refractivity contribution in [3.05, 3.63) is 59.2 Å². The van der Waals surface area contributed by atoms with Crippen LogP contribution in [0.3, 0.4) is 0 Å². The third-order valence-corrected chi connectivity index (χ3v) is 6.12. The summed E-state index contributed by atoms with van der Waals surface area (Å²) < 4.78 is 34.3. The first kappa shape index (κ1) is 20.8. The zero-order valence-electron chi connectivity index (χ0n) is 18.3. The van der Waals surface area contributed by atoms with Crippen molar-refractivity contribution in [3.63, 3.8) is 0 Å². The number of carbonyl (C=O) groups excluding carboxylic acids is 1. The third kappa shape index (κ3) is 3.82. The van der Waals surface area contributed by atoms with Gasteiger partial charge in [-0.3, -0.25) is 0 Å². The molecule has 4 unspecified atom stereocenters. The molecule has 4 atom stereocenters. The summed E-state index contributed by atoms with van der Waals surface area (Å²) in [6.45, 7) is 5.15. The monoisotopic (exact) mass is 438 g/mol. The summed E-state index contributed by atoms with van der Waals surface area (Å²) in [5, 5.41) is 0. The summed E-state index contributed by atoms with van der Waals surface area (Å²) in [6, 6.07) is 11.5. The molecule has 0 bridgehead atoms. The topological polar surface area (TPSA) is 72.5 Å². The molecule has 3 aliphatic rings. The Morgan fingerprint density at radius 3 is 2.25 bits per heavy atom. The number of benzene rings is 2. The predicted octanol–water partition coefficient (Wildman–Crippen LogP) is 4.37. The molecule has 0 spiro atoms. The fourth-order valence-corrected chi connectivity index (χ4v) is 4.64. The molecular weight excluding hydrogens is 412 g/mol.